The van der Waals surface area contributed by atoms with E-state index in [2.05, 4.69) is 24.5 Å². The van der Waals surface area contributed by atoms with E-state index in [1.807, 2.05) is 0 Å². The highest BCUT2D eigenvalue weighted by molar-refractivity contribution is 5.70. The lowest BCUT2D eigenvalue weighted by atomic mass is 10.0. The summed E-state index contributed by atoms with van der Waals surface area (Å²) in [6.07, 6.45) is 5.74. The number of carbonyl (C=O) groups excluding carboxylic acids is 2. The maximum absolute atomic E-state index is 11.8. The third kappa shape index (κ3) is 7.18. The van der Waals surface area contributed by atoms with E-state index in [-0.39, 0.29) is 24.1 Å². The van der Waals surface area contributed by atoms with Crippen LogP contribution in [0.5, 0.6) is 0 Å². The number of esters is 2. The second kappa shape index (κ2) is 9.99. The maximum atomic E-state index is 11.8. The average molecular weight is 340 g/mol. The first-order chi connectivity index (χ1) is 11.5. The van der Waals surface area contributed by atoms with Gasteiger partial charge in [0, 0.05) is 24.9 Å². The summed E-state index contributed by atoms with van der Waals surface area (Å²) >= 11 is 0. The molecule has 2 fully saturated rings. The van der Waals surface area contributed by atoms with E-state index in [0.29, 0.717) is 37.8 Å². The van der Waals surface area contributed by atoms with Crippen LogP contribution in [0.1, 0.15) is 65.2 Å². The fourth-order valence-corrected chi connectivity index (χ4v) is 3.41. The molecule has 2 N–H and O–H groups in total. The molecule has 0 bridgehead atoms. The molecule has 2 aliphatic rings. The summed E-state index contributed by atoms with van der Waals surface area (Å²) in [6, 6.07) is 0.813. The van der Waals surface area contributed by atoms with E-state index in [1.54, 1.807) is 0 Å². The number of unbranched alkanes of at least 4 members (excludes halogenated alkanes) is 1. The standard InChI is InChI=1S/C18H32N2O4/c1-13-11-15(7-9-19-13)23-17(21)5-3-4-6-18(22)24-16-8-10-20-14(2)12-16/h13-16,19-20H,3-12H2,1-2H3. The number of nitrogens with one attached hydrogen (secondary N) is 2. The fourth-order valence-electron chi connectivity index (χ4n) is 3.41. The number of piperidine rings is 2. The van der Waals surface area contributed by atoms with E-state index in [0.717, 1.165) is 38.8 Å². The summed E-state index contributed by atoms with van der Waals surface area (Å²) in [5.74, 6) is -0.288. The minimum atomic E-state index is -0.144. The Morgan fingerprint density at radius 1 is 0.833 bits per heavy atom. The Morgan fingerprint density at radius 2 is 1.25 bits per heavy atom. The average Bonchev–Trinajstić information content (AvgIpc) is 2.51. The summed E-state index contributed by atoms with van der Waals surface area (Å²) in [4.78, 5) is 23.7. The first-order valence-corrected chi connectivity index (χ1v) is 9.38. The highest BCUT2D eigenvalue weighted by Crippen LogP contribution is 2.15. The van der Waals surface area contributed by atoms with Crippen LogP contribution in [0.15, 0.2) is 0 Å². The summed E-state index contributed by atoms with van der Waals surface area (Å²) in [5, 5.41) is 6.68. The van der Waals surface area contributed by atoms with Crippen molar-refractivity contribution in [1.29, 1.82) is 0 Å². The van der Waals surface area contributed by atoms with E-state index in [4.69, 9.17) is 9.47 Å². The van der Waals surface area contributed by atoms with E-state index < -0.39 is 0 Å². The molecule has 24 heavy (non-hydrogen) atoms. The van der Waals surface area contributed by atoms with Crippen molar-refractivity contribution in [3.05, 3.63) is 0 Å². The predicted octanol–water partition coefficient (Wildman–Crippen LogP) is 1.91. The van der Waals surface area contributed by atoms with Gasteiger partial charge >= 0.3 is 11.9 Å². The smallest absolute Gasteiger partial charge is 0.306 e. The summed E-state index contributed by atoms with van der Waals surface area (Å²) in [5.41, 5.74) is 0. The van der Waals surface area contributed by atoms with Gasteiger partial charge in [-0.2, -0.15) is 0 Å². The van der Waals surface area contributed by atoms with Crippen LogP contribution in [-0.2, 0) is 19.1 Å². The van der Waals surface area contributed by atoms with Crippen molar-refractivity contribution in [2.45, 2.75) is 89.5 Å². The molecule has 2 heterocycles. The topological polar surface area (TPSA) is 76.7 Å². The third-order valence-corrected chi connectivity index (χ3v) is 4.76. The minimum Gasteiger partial charge on any atom is -0.462 e. The maximum Gasteiger partial charge on any atom is 0.306 e. The van der Waals surface area contributed by atoms with Crippen LogP contribution in [0.3, 0.4) is 0 Å². The van der Waals surface area contributed by atoms with Gasteiger partial charge in [0.05, 0.1) is 0 Å². The van der Waals surface area contributed by atoms with E-state index in [1.165, 1.54) is 0 Å². The van der Waals surface area contributed by atoms with Crippen LogP contribution in [-0.4, -0.2) is 49.3 Å². The zero-order chi connectivity index (χ0) is 17.4. The van der Waals surface area contributed by atoms with Gasteiger partial charge in [0.25, 0.3) is 0 Å². The molecule has 2 rings (SSSR count). The SMILES string of the molecule is CC1CC(OC(=O)CCCCC(=O)OC2CCNC(C)C2)CCN1. The molecular formula is C18H32N2O4. The number of hydrogen-bond donors (Lipinski definition) is 2. The zero-order valence-electron chi connectivity index (χ0n) is 15.0. The van der Waals surface area contributed by atoms with Gasteiger partial charge in [-0.15, -0.1) is 0 Å². The van der Waals surface area contributed by atoms with Crippen molar-refractivity contribution < 1.29 is 19.1 Å². The molecule has 0 aromatic rings. The van der Waals surface area contributed by atoms with Gasteiger partial charge in [0.15, 0.2) is 0 Å². The molecule has 0 saturated carbocycles. The number of carbonyl (C=O) groups is 2. The number of rotatable bonds is 7. The second-order valence-corrected chi connectivity index (χ2v) is 7.19. The lowest BCUT2D eigenvalue weighted by Gasteiger charge is -2.28. The van der Waals surface area contributed by atoms with Gasteiger partial charge in [-0.1, -0.05) is 0 Å². The van der Waals surface area contributed by atoms with E-state index in [9.17, 15) is 9.59 Å². The van der Waals surface area contributed by atoms with Gasteiger partial charge in [0.2, 0.25) is 0 Å². The molecule has 4 atom stereocenters. The van der Waals surface area contributed by atoms with Crippen LogP contribution in [0.4, 0.5) is 0 Å². The van der Waals surface area contributed by atoms with Crippen molar-refractivity contribution in [1.82, 2.24) is 10.6 Å². The molecule has 0 radical (unpaired) electrons. The van der Waals surface area contributed by atoms with Gasteiger partial charge in [-0.25, -0.2) is 0 Å². The Balaban J connectivity index is 1.52. The van der Waals surface area contributed by atoms with Gasteiger partial charge in [0.1, 0.15) is 12.2 Å². The van der Waals surface area contributed by atoms with Gasteiger partial charge in [-0.3, -0.25) is 9.59 Å². The Kier molecular flexibility index (Phi) is 7.99. The van der Waals surface area contributed by atoms with E-state index >= 15 is 0 Å². The van der Waals surface area contributed by atoms with Gasteiger partial charge in [-0.05, 0) is 65.5 Å². The first-order valence-electron chi connectivity index (χ1n) is 9.38. The van der Waals surface area contributed by atoms with Crippen LogP contribution < -0.4 is 10.6 Å². The first kappa shape index (κ1) is 19.2. The van der Waals surface area contributed by atoms with Crippen molar-refractivity contribution in [3.8, 4) is 0 Å². The van der Waals surface area contributed by atoms with Crippen LogP contribution >= 0.6 is 0 Å². The summed E-state index contributed by atoms with van der Waals surface area (Å²) in [6.45, 7) is 6.02. The molecule has 6 heteroatoms. The molecular weight excluding hydrogens is 308 g/mol. The summed E-state index contributed by atoms with van der Waals surface area (Å²) < 4.78 is 11.0. The normalized spacial score (nSPS) is 30.6. The van der Waals surface area contributed by atoms with Crippen molar-refractivity contribution in [2.24, 2.45) is 0 Å². The molecule has 0 aromatic heterocycles. The number of ether oxygens (including phenoxy) is 2. The minimum absolute atomic E-state index is 0.0422. The highest BCUT2D eigenvalue weighted by Gasteiger charge is 2.22. The molecule has 2 saturated heterocycles. The molecule has 4 unspecified atom stereocenters. The molecule has 0 amide bonds. The quantitative estimate of drug-likeness (QED) is 0.545. The zero-order valence-corrected chi connectivity index (χ0v) is 15.0. The molecule has 6 nitrogen and oxygen atoms in total. The predicted molar refractivity (Wildman–Crippen MR) is 91.6 cm³/mol. The lowest BCUT2D eigenvalue weighted by molar-refractivity contribution is -0.153. The molecule has 0 aromatic carbocycles. The highest BCUT2D eigenvalue weighted by atomic mass is 16.5. The summed E-state index contributed by atoms with van der Waals surface area (Å²) in [7, 11) is 0. The fraction of sp³-hybridized carbons (Fsp3) is 0.889. The molecule has 0 spiro atoms. The van der Waals surface area contributed by atoms with Crippen LogP contribution in [0.2, 0.25) is 0 Å². The Labute approximate surface area is 145 Å². The van der Waals surface area contributed by atoms with Crippen LogP contribution in [0.25, 0.3) is 0 Å². The monoisotopic (exact) mass is 340 g/mol. The Hall–Kier alpha value is -1.14. The van der Waals surface area contributed by atoms with Crippen molar-refractivity contribution >= 4 is 11.9 Å². The molecule has 2 aliphatic heterocycles. The van der Waals surface area contributed by atoms with Gasteiger partial charge < -0.3 is 20.1 Å². The Morgan fingerprint density at radius 3 is 1.62 bits per heavy atom. The molecule has 0 aliphatic carbocycles. The van der Waals surface area contributed by atoms with Crippen LogP contribution in [0, 0.1) is 0 Å². The largest absolute Gasteiger partial charge is 0.462 e. The second-order valence-electron chi connectivity index (χ2n) is 7.19. The third-order valence-electron chi connectivity index (χ3n) is 4.76. The van der Waals surface area contributed by atoms with Crippen molar-refractivity contribution in [3.63, 3.8) is 0 Å². The number of hydrogen-bond acceptors (Lipinski definition) is 6. The van der Waals surface area contributed by atoms with Crippen molar-refractivity contribution in [2.75, 3.05) is 13.1 Å². The molecule has 138 valence electrons. The lowest BCUT2D eigenvalue weighted by Crippen LogP contribution is -2.40. The Bertz CT molecular complexity index is 378.